The van der Waals surface area contributed by atoms with Gasteiger partial charge in [0.25, 0.3) is 0 Å². The summed E-state index contributed by atoms with van der Waals surface area (Å²) in [4.78, 5) is 16.3. The summed E-state index contributed by atoms with van der Waals surface area (Å²) in [5.41, 5.74) is 0.749. The van der Waals surface area contributed by atoms with Crippen LogP contribution in [-0.2, 0) is 9.53 Å². The van der Waals surface area contributed by atoms with Crippen LogP contribution in [0.4, 0.5) is 5.69 Å². The zero-order chi connectivity index (χ0) is 17.6. The van der Waals surface area contributed by atoms with Crippen molar-refractivity contribution in [2.45, 2.75) is 26.7 Å². The van der Waals surface area contributed by atoms with Gasteiger partial charge in [0.05, 0.1) is 6.61 Å². The van der Waals surface area contributed by atoms with Gasteiger partial charge >= 0.3 is 0 Å². The Labute approximate surface area is 149 Å². The number of guanidine groups is 1. The third kappa shape index (κ3) is 9.37. The van der Waals surface area contributed by atoms with Crippen LogP contribution in [0.1, 0.15) is 26.7 Å². The molecule has 1 aromatic carbocycles. The first-order chi connectivity index (χ1) is 11.7. The first-order valence-corrected chi connectivity index (χ1v) is 8.68. The highest BCUT2D eigenvalue weighted by Gasteiger charge is 2.02. The minimum absolute atomic E-state index is 0.0261. The van der Waals surface area contributed by atoms with Gasteiger partial charge in [0.2, 0.25) is 5.91 Å². The number of ether oxygens (including phenoxy) is 1. The predicted octanol–water partition coefficient (Wildman–Crippen LogP) is 2.65. The van der Waals surface area contributed by atoms with Crippen LogP contribution in [0.5, 0.6) is 0 Å². The van der Waals surface area contributed by atoms with E-state index in [0.717, 1.165) is 18.2 Å². The number of amides is 1. The third-order valence-corrected chi connectivity index (χ3v) is 3.30. The molecule has 0 radical (unpaired) electrons. The summed E-state index contributed by atoms with van der Waals surface area (Å²) >= 11 is 5.81. The molecule has 1 rings (SSSR count). The number of carbonyl (C=O) groups excluding carboxylic acids is 1. The van der Waals surface area contributed by atoms with Crippen molar-refractivity contribution in [1.82, 2.24) is 10.6 Å². The van der Waals surface area contributed by atoms with E-state index in [0.29, 0.717) is 44.2 Å². The summed E-state index contributed by atoms with van der Waals surface area (Å²) < 4.78 is 5.28. The van der Waals surface area contributed by atoms with Gasteiger partial charge in [-0.1, -0.05) is 11.6 Å². The molecule has 7 heteroatoms. The number of nitrogens with one attached hydrogen (secondary N) is 3. The van der Waals surface area contributed by atoms with Crippen molar-refractivity contribution in [3.63, 3.8) is 0 Å². The summed E-state index contributed by atoms with van der Waals surface area (Å²) in [7, 11) is 0. The summed E-state index contributed by atoms with van der Waals surface area (Å²) in [5, 5.41) is 9.84. The Morgan fingerprint density at radius 1 is 1.21 bits per heavy atom. The molecule has 134 valence electrons. The molecule has 24 heavy (non-hydrogen) atoms. The Bertz CT molecular complexity index is 506. The number of carbonyl (C=O) groups is 1. The number of hydrogen-bond acceptors (Lipinski definition) is 3. The number of halogens is 1. The van der Waals surface area contributed by atoms with Gasteiger partial charge in [-0.2, -0.15) is 0 Å². The smallest absolute Gasteiger partial charge is 0.224 e. The molecule has 0 bridgehead atoms. The van der Waals surface area contributed by atoms with Gasteiger partial charge in [-0.3, -0.25) is 9.79 Å². The Morgan fingerprint density at radius 3 is 2.62 bits per heavy atom. The van der Waals surface area contributed by atoms with E-state index in [1.165, 1.54) is 0 Å². The molecule has 0 aliphatic heterocycles. The molecule has 0 unspecified atom stereocenters. The van der Waals surface area contributed by atoms with Gasteiger partial charge in [-0.15, -0.1) is 0 Å². The lowest BCUT2D eigenvalue weighted by atomic mass is 10.2. The molecule has 0 saturated heterocycles. The minimum atomic E-state index is -0.0261. The SMILES string of the molecule is CCNC(=NCCCC(=O)Nc1ccc(Cl)cc1)NCCOCC. The maximum Gasteiger partial charge on any atom is 0.224 e. The second-order valence-electron chi connectivity index (χ2n) is 5.04. The van der Waals surface area contributed by atoms with Crippen LogP contribution in [0, 0.1) is 0 Å². The van der Waals surface area contributed by atoms with Crippen molar-refractivity contribution in [3.8, 4) is 0 Å². The fourth-order valence-corrected chi connectivity index (χ4v) is 2.04. The van der Waals surface area contributed by atoms with Gasteiger partial charge < -0.3 is 20.7 Å². The Hall–Kier alpha value is -1.79. The highest BCUT2D eigenvalue weighted by Crippen LogP contribution is 2.13. The third-order valence-electron chi connectivity index (χ3n) is 3.05. The van der Waals surface area contributed by atoms with Crippen LogP contribution in [0.2, 0.25) is 5.02 Å². The lowest BCUT2D eigenvalue weighted by molar-refractivity contribution is -0.116. The van der Waals surface area contributed by atoms with Crippen LogP contribution in [0.25, 0.3) is 0 Å². The van der Waals surface area contributed by atoms with Gasteiger partial charge in [0.1, 0.15) is 0 Å². The van der Waals surface area contributed by atoms with Gasteiger partial charge in [-0.05, 0) is 44.5 Å². The zero-order valence-electron chi connectivity index (χ0n) is 14.4. The maximum atomic E-state index is 11.9. The Kier molecular flexibility index (Phi) is 10.6. The van der Waals surface area contributed by atoms with E-state index in [9.17, 15) is 4.79 Å². The molecule has 1 aromatic rings. The van der Waals surface area contributed by atoms with E-state index in [4.69, 9.17) is 16.3 Å². The molecule has 3 N–H and O–H groups in total. The molecule has 0 fully saturated rings. The molecule has 6 nitrogen and oxygen atoms in total. The maximum absolute atomic E-state index is 11.9. The van der Waals surface area contributed by atoms with Crippen molar-refractivity contribution < 1.29 is 9.53 Å². The van der Waals surface area contributed by atoms with Gasteiger partial charge in [0.15, 0.2) is 5.96 Å². The van der Waals surface area contributed by atoms with E-state index < -0.39 is 0 Å². The summed E-state index contributed by atoms with van der Waals surface area (Å²) in [6, 6.07) is 7.06. The first-order valence-electron chi connectivity index (χ1n) is 8.31. The lowest BCUT2D eigenvalue weighted by Crippen LogP contribution is -2.39. The summed E-state index contributed by atoms with van der Waals surface area (Å²) in [6.45, 7) is 7.41. The van der Waals surface area contributed by atoms with E-state index in [1.54, 1.807) is 24.3 Å². The van der Waals surface area contributed by atoms with Gasteiger partial charge in [-0.25, -0.2) is 0 Å². The molecular formula is C17H27ClN4O2. The molecule has 0 saturated carbocycles. The van der Waals surface area contributed by atoms with Crippen LogP contribution in [0.3, 0.4) is 0 Å². The highest BCUT2D eigenvalue weighted by molar-refractivity contribution is 6.30. The summed E-state index contributed by atoms with van der Waals surface area (Å²) in [5.74, 6) is 0.720. The normalized spacial score (nSPS) is 11.2. The van der Waals surface area contributed by atoms with Crippen LogP contribution < -0.4 is 16.0 Å². The number of nitrogens with zero attached hydrogens (tertiary/aromatic N) is 1. The largest absolute Gasteiger partial charge is 0.380 e. The lowest BCUT2D eigenvalue weighted by Gasteiger charge is -2.11. The zero-order valence-corrected chi connectivity index (χ0v) is 15.2. The fraction of sp³-hybridized carbons (Fsp3) is 0.529. The van der Waals surface area contributed by atoms with Crippen molar-refractivity contribution in [2.75, 3.05) is 38.2 Å². The summed E-state index contributed by atoms with van der Waals surface area (Å²) in [6.07, 6.45) is 1.10. The molecule has 0 aromatic heterocycles. The van der Waals surface area contributed by atoms with Crippen molar-refractivity contribution in [3.05, 3.63) is 29.3 Å². The van der Waals surface area contributed by atoms with E-state index in [2.05, 4.69) is 20.9 Å². The molecule has 1 amide bonds. The van der Waals surface area contributed by atoms with E-state index >= 15 is 0 Å². The molecule has 0 atom stereocenters. The fourth-order valence-electron chi connectivity index (χ4n) is 1.91. The van der Waals surface area contributed by atoms with Crippen molar-refractivity contribution in [1.29, 1.82) is 0 Å². The standard InChI is InChI=1S/C17H27ClN4O2/c1-3-19-17(21-12-13-24-4-2)20-11-5-6-16(23)22-15-9-7-14(18)8-10-15/h7-10H,3-6,11-13H2,1-2H3,(H,22,23)(H2,19,20,21). The van der Waals surface area contributed by atoms with Crippen LogP contribution in [0.15, 0.2) is 29.3 Å². The first kappa shape index (κ1) is 20.3. The van der Waals surface area contributed by atoms with Crippen LogP contribution in [-0.4, -0.2) is 44.7 Å². The molecular weight excluding hydrogens is 328 g/mol. The molecule has 0 aliphatic carbocycles. The second kappa shape index (κ2) is 12.6. The molecule has 0 aliphatic rings. The highest BCUT2D eigenvalue weighted by atomic mass is 35.5. The Morgan fingerprint density at radius 2 is 1.96 bits per heavy atom. The Balaban J connectivity index is 2.27. The number of aliphatic imine (C=N–C) groups is 1. The van der Waals surface area contributed by atoms with Crippen LogP contribution >= 0.6 is 11.6 Å². The predicted molar refractivity (Wildman–Crippen MR) is 99.8 cm³/mol. The second-order valence-corrected chi connectivity index (χ2v) is 5.48. The number of benzene rings is 1. The van der Waals surface area contributed by atoms with E-state index in [-0.39, 0.29) is 5.91 Å². The quantitative estimate of drug-likeness (QED) is 0.343. The van der Waals surface area contributed by atoms with Crippen molar-refractivity contribution in [2.24, 2.45) is 4.99 Å². The minimum Gasteiger partial charge on any atom is -0.380 e. The number of rotatable bonds is 10. The van der Waals surface area contributed by atoms with Crippen molar-refractivity contribution >= 4 is 29.2 Å². The molecule has 0 spiro atoms. The average molecular weight is 355 g/mol. The number of hydrogen-bond donors (Lipinski definition) is 3. The molecule has 0 heterocycles. The average Bonchev–Trinajstić information content (AvgIpc) is 2.57. The van der Waals surface area contributed by atoms with Gasteiger partial charge in [0, 0.05) is 43.4 Å². The monoisotopic (exact) mass is 354 g/mol. The topological polar surface area (TPSA) is 74.8 Å². The van der Waals surface area contributed by atoms with E-state index in [1.807, 2.05) is 13.8 Å². The number of anilines is 1.